The first-order chi connectivity index (χ1) is 10.4. The van der Waals surface area contributed by atoms with Gasteiger partial charge in [0.2, 0.25) is 0 Å². The molecule has 2 heterocycles. The van der Waals surface area contributed by atoms with E-state index < -0.39 is 0 Å². The Balaban J connectivity index is 1.90. The average molecular weight is 298 g/mol. The number of nitrogens with one attached hydrogen (secondary N) is 1. The molecule has 0 bridgehead atoms. The Morgan fingerprint density at radius 1 is 1.24 bits per heavy atom. The van der Waals surface area contributed by atoms with Gasteiger partial charge in [0.1, 0.15) is 11.9 Å². The smallest absolute Gasteiger partial charge is 0.134 e. The van der Waals surface area contributed by atoms with Crippen LogP contribution in [0.25, 0.3) is 10.8 Å². The van der Waals surface area contributed by atoms with Gasteiger partial charge in [-0.1, -0.05) is 18.2 Å². The third-order valence-electron chi connectivity index (χ3n) is 3.43. The van der Waals surface area contributed by atoms with Crippen LogP contribution in [-0.2, 0) is 0 Å². The molecular weight excluding hydrogens is 280 g/mol. The molecule has 0 aliphatic rings. The van der Waals surface area contributed by atoms with Gasteiger partial charge in [0.05, 0.1) is 0 Å². The van der Waals surface area contributed by atoms with Gasteiger partial charge in [-0.2, -0.15) is 0 Å². The molecule has 0 fully saturated rings. The second-order valence-corrected chi connectivity index (χ2v) is 5.85. The standard InChI is InChI=1S/C17H18N2OS/c1-18-9-8-16(17-6-3-11-21-17)20-15-5-2-4-13-7-10-19-12-14(13)15/h2-7,10-12,16,18H,8-9H2,1H3. The van der Waals surface area contributed by atoms with Gasteiger partial charge in [-0.15, -0.1) is 11.3 Å². The summed E-state index contributed by atoms with van der Waals surface area (Å²) in [5, 5.41) is 7.50. The molecule has 3 rings (SSSR count). The van der Waals surface area contributed by atoms with Gasteiger partial charge < -0.3 is 10.1 Å². The summed E-state index contributed by atoms with van der Waals surface area (Å²) in [4.78, 5) is 5.47. The van der Waals surface area contributed by atoms with Crippen molar-refractivity contribution >= 4 is 22.1 Å². The molecule has 3 aromatic rings. The SMILES string of the molecule is CNCCC(Oc1cccc2ccncc12)c1cccs1. The van der Waals surface area contributed by atoms with Gasteiger partial charge >= 0.3 is 0 Å². The molecule has 0 saturated carbocycles. The van der Waals surface area contributed by atoms with E-state index in [0.717, 1.165) is 29.5 Å². The number of fused-ring (bicyclic) bond motifs is 1. The van der Waals surface area contributed by atoms with Crippen LogP contribution in [0.3, 0.4) is 0 Å². The van der Waals surface area contributed by atoms with Crippen LogP contribution in [0.4, 0.5) is 0 Å². The lowest BCUT2D eigenvalue weighted by Crippen LogP contribution is -2.15. The molecular formula is C17H18N2OS. The van der Waals surface area contributed by atoms with Crippen molar-refractivity contribution in [2.45, 2.75) is 12.5 Å². The fourth-order valence-corrected chi connectivity index (χ4v) is 3.14. The zero-order valence-corrected chi connectivity index (χ0v) is 12.8. The molecule has 0 aliphatic carbocycles. The number of pyridine rings is 1. The fraction of sp³-hybridized carbons (Fsp3) is 0.235. The lowest BCUT2D eigenvalue weighted by atomic mass is 10.1. The summed E-state index contributed by atoms with van der Waals surface area (Å²) in [7, 11) is 1.97. The summed E-state index contributed by atoms with van der Waals surface area (Å²) in [5.41, 5.74) is 0. The maximum Gasteiger partial charge on any atom is 0.134 e. The highest BCUT2D eigenvalue weighted by Gasteiger charge is 2.15. The number of nitrogens with zero attached hydrogens (tertiary/aromatic N) is 1. The monoisotopic (exact) mass is 298 g/mol. The van der Waals surface area contributed by atoms with E-state index in [9.17, 15) is 0 Å². The summed E-state index contributed by atoms with van der Waals surface area (Å²) >= 11 is 1.74. The van der Waals surface area contributed by atoms with Crippen LogP contribution in [-0.4, -0.2) is 18.6 Å². The van der Waals surface area contributed by atoms with Crippen LogP contribution in [0, 0.1) is 0 Å². The molecule has 1 atom stereocenters. The molecule has 0 radical (unpaired) electrons. The van der Waals surface area contributed by atoms with Crippen molar-refractivity contribution < 1.29 is 4.74 Å². The number of benzene rings is 1. The highest BCUT2D eigenvalue weighted by molar-refractivity contribution is 7.10. The van der Waals surface area contributed by atoms with Crippen molar-refractivity contribution in [2.24, 2.45) is 0 Å². The lowest BCUT2D eigenvalue weighted by Gasteiger charge is -2.19. The molecule has 0 saturated heterocycles. The molecule has 21 heavy (non-hydrogen) atoms. The zero-order valence-electron chi connectivity index (χ0n) is 12.0. The molecule has 0 aliphatic heterocycles. The van der Waals surface area contributed by atoms with E-state index in [-0.39, 0.29) is 6.10 Å². The zero-order chi connectivity index (χ0) is 14.5. The van der Waals surface area contributed by atoms with Crippen molar-refractivity contribution in [2.75, 3.05) is 13.6 Å². The number of ether oxygens (including phenoxy) is 1. The molecule has 1 unspecified atom stereocenters. The maximum atomic E-state index is 6.30. The van der Waals surface area contributed by atoms with Gasteiger partial charge in [0.25, 0.3) is 0 Å². The minimum Gasteiger partial charge on any atom is -0.484 e. The summed E-state index contributed by atoms with van der Waals surface area (Å²) in [6.07, 6.45) is 4.69. The van der Waals surface area contributed by atoms with Gasteiger partial charge in [-0.05, 0) is 42.6 Å². The van der Waals surface area contributed by atoms with Gasteiger partial charge in [0, 0.05) is 29.1 Å². The van der Waals surface area contributed by atoms with E-state index in [1.54, 1.807) is 11.3 Å². The highest BCUT2D eigenvalue weighted by atomic mass is 32.1. The molecule has 0 amide bonds. The third-order valence-corrected chi connectivity index (χ3v) is 4.39. The Morgan fingerprint density at radius 3 is 3.00 bits per heavy atom. The predicted molar refractivity (Wildman–Crippen MR) is 88.0 cm³/mol. The first-order valence-electron chi connectivity index (χ1n) is 7.06. The van der Waals surface area contributed by atoms with Gasteiger partial charge in [-0.25, -0.2) is 0 Å². The molecule has 1 aromatic carbocycles. The van der Waals surface area contributed by atoms with Crippen molar-refractivity contribution in [3.05, 3.63) is 59.0 Å². The van der Waals surface area contributed by atoms with E-state index in [4.69, 9.17) is 4.74 Å². The third kappa shape index (κ3) is 3.23. The van der Waals surface area contributed by atoms with E-state index in [0.29, 0.717) is 0 Å². The van der Waals surface area contributed by atoms with Crippen LogP contribution < -0.4 is 10.1 Å². The Morgan fingerprint density at radius 2 is 2.19 bits per heavy atom. The first-order valence-corrected chi connectivity index (χ1v) is 7.94. The quantitative estimate of drug-likeness (QED) is 0.746. The summed E-state index contributed by atoms with van der Waals surface area (Å²) in [6.45, 7) is 0.922. The number of thiophene rings is 1. The summed E-state index contributed by atoms with van der Waals surface area (Å²) in [6, 6.07) is 12.3. The number of hydrogen-bond donors (Lipinski definition) is 1. The number of aromatic nitrogens is 1. The molecule has 2 aromatic heterocycles. The number of hydrogen-bond acceptors (Lipinski definition) is 4. The molecule has 108 valence electrons. The first kappa shape index (κ1) is 14.0. The number of rotatable bonds is 6. The second kappa shape index (κ2) is 6.70. The molecule has 3 nitrogen and oxygen atoms in total. The Bertz CT molecular complexity index is 692. The minimum absolute atomic E-state index is 0.0725. The van der Waals surface area contributed by atoms with Crippen molar-refractivity contribution in [3.63, 3.8) is 0 Å². The maximum absolute atomic E-state index is 6.30. The van der Waals surface area contributed by atoms with Crippen molar-refractivity contribution in [1.29, 1.82) is 0 Å². The van der Waals surface area contributed by atoms with Gasteiger partial charge in [-0.3, -0.25) is 4.98 Å². The topological polar surface area (TPSA) is 34.1 Å². The average Bonchev–Trinajstić information content (AvgIpc) is 3.06. The molecule has 1 N–H and O–H groups in total. The summed E-state index contributed by atoms with van der Waals surface area (Å²) in [5.74, 6) is 0.898. The van der Waals surface area contributed by atoms with Crippen LogP contribution >= 0.6 is 11.3 Å². The summed E-state index contributed by atoms with van der Waals surface area (Å²) < 4.78 is 6.30. The highest BCUT2D eigenvalue weighted by Crippen LogP contribution is 2.32. The predicted octanol–water partition coefficient (Wildman–Crippen LogP) is 4.03. The van der Waals surface area contributed by atoms with E-state index in [2.05, 4.69) is 33.9 Å². The Kier molecular flexibility index (Phi) is 4.48. The Hall–Kier alpha value is -1.91. The lowest BCUT2D eigenvalue weighted by molar-refractivity contribution is 0.201. The molecule has 4 heteroatoms. The van der Waals surface area contributed by atoms with E-state index >= 15 is 0 Å². The van der Waals surface area contributed by atoms with E-state index in [1.807, 2.05) is 37.6 Å². The second-order valence-electron chi connectivity index (χ2n) is 4.87. The molecule has 0 spiro atoms. The largest absolute Gasteiger partial charge is 0.484 e. The van der Waals surface area contributed by atoms with Crippen LogP contribution in [0.15, 0.2) is 54.2 Å². The van der Waals surface area contributed by atoms with Crippen LogP contribution in [0.5, 0.6) is 5.75 Å². The normalized spacial score (nSPS) is 12.4. The van der Waals surface area contributed by atoms with E-state index in [1.165, 1.54) is 4.88 Å². The van der Waals surface area contributed by atoms with Crippen molar-refractivity contribution in [1.82, 2.24) is 10.3 Å². The van der Waals surface area contributed by atoms with Crippen molar-refractivity contribution in [3.8, 4) is 5.75 Å². The Labute approximate surface area is 128 Å². The van der Waals surface area contributed by atoms with Crippen LogP contribution in [0.1, 0.15) is 17.4 Å². The van der Waals surface area contributed by atoms with Gasteiger partial charge in [0.15, 0.2) is 0 Å². The fourth-order valence-electron chi connectivity index (χ4n) is 2.35. The minimum atomic E-state index is 0.0725. The van der Waals surface area contributed by atoms with Crippen LogP contribution in [0.2, 0.25) is 0 Å².